The molecule has 0 aromatic heterocycles. The first-order chi connectivity index (χ1) is 12.4. The highest BCUT2D eigenvalue weighted by atomic mass is 35.5. The summed E-state index contributed by atoms with van der Waals surface area (Å²) in [5, 5.41) is 4.04. The van der Waals surface area contributed by atoms with Crippen molar-refractivity contribution < 1.29 is 9.59 Å². The molecule has 0 unspecified atom stereocenters. The highest BCUT2D eigenvalue weighted by molar-refractivity contribution is 6.35. The standard InChI is InChI=1S/C20H22Cl2N2O2/c1-14-5-3-4-6-18(14)20(26)23-10-12-24(15(2)25)11-9-16-7-8-17(21)13-19(16)22/h3-8,13H,9-12H2,1-2H3,(H,23,26). The molecule has 2 aromatic carbocycles. The van der Waals surface area contributed by atoms with E-state index in [-0.39, 0.29) is 11.8 Å². The Kier molecular flexibility index (Phi) is 7.49. The van der Waals surface area contributed by atoms with E-state index in [0.29, 0.717) is 41.7 Å². The van der Waals surface area contributed by atoms with Gasteiger partial charge in [0, 0.05) is 42.2 Å². The topological polar surface area (TPSA) is 49.4 Å². The third-order valence-corrected chi connectivity index (χ3v) is 4.76. The maximum atomic E-state index is 12.2. The number of hydrogen-bond donors (Lipinski definition) is 1. The van der Waals surface area contributed by atoms with Gasteiger partial charge in [0.25, 0.3) is 5.91 Å². The van der Waals surface area contributed by atoms with Gasteiger partial charge in [-0.3, -0.25) is 9.59 Å². The van der Waals surface area contributed by atoms with Crippen molar-refractivity contribution in [2.24, 2.45) is 0 Å². The fourth-order valence-corrected chi connectivity index (χ4v) is 3.14. The highest BCUT2D eigenvalue weighted by Gasteiger charge is 2.12. The summed E-state index contributed by atoms with van der Waals surface area (Å²) in [6.45, 7) is 4.77. The number of benzene rings is 2. The second-order valence-corrected chi connectivity index (χ2v) is 6.91. The molecule has 4 nitrogen and oxygen atoms in total. The molecule has 0 bridgehead atoms. The number of nitrogens with zero attached hydrogens (tertiary/aromatic N) is 1. The van der Waals surface area contributed by atoms with Gasteiger partial charge < -0.3 is 10.2 Å². The first-order valence-corrected chi connectivity index (χ1v) is 9.17. The summed E-state index contributed by atoms with van der Waals surface area (Å²) in [6.07, 6.45) is 0.626. The van der Waals surface area contributed by atoms with Gasteiger partial charge in [0.1, 0.15) is 0 Å². The smallest absolute Gasteiger partial charge is 0.251 e. The van der Waals surface area contributed by atoms with Gasteiger partial charge in [0.05, 0.1) is 0 Å². The molecule has 0 heterocycles. The molecule has 2 rings (SSSR count). The largest absolute Gasteiger partial charge is 0.350 e. The van der Waals surface area contributed by atoms with Crippen LogP contribution in [0.1, 0.15) is 28.4 Å². The number of carbonyl (C=O) groups excluding carboxylic acids is 2. The molecule has 0 saturated carbocycles. The van der Waals surface area contributed by atoms with Crippen LogP contribution >= 0.6 is 23.2 Å². The van der Waals surface area contributed by atoms with Crippen LogP contribution in [0.4, 0.5) is 0 Å². The number of hydrogen-bond acceptors (Lipinski definition) is 2. The maximum Gasteiger partial charge on any atom is 0.251 e. The van der Waals surface area contributed by atoms with E-state index in [0.717, 1.165) is 11.1 Å². The first-order valence-electron chi connectivity index (χ1n) is 8.41. The van der Waals surface area contributed by atoms with E-state index in [1.807, 2.05) is 31.2 Å². The lowest BCUT2D eigenvalue weighted by atomic mass is 10.1. The Morgan fingerprint density at radius 1 is 1.08 bits per heavy atom. The van der Waals surface area contributed by atoms with Gasteiger partial charge in [-0.2, -0.15) is 0 Å². The minimum absolute atomic E-state index is 0.0415. The van der Waals surface area contributed by atoms with Crippen LogP contribution in [-0.2, 0) is 11.2 Å². The molecule has 0 radical (unpaired) electrons. The van der Waals surface area contributed by atoms with Crippen LogP contribution in [0.25, 0.3) is 0 Å². The molecule has 0 aliphatic heterocycles. The van der Waals surface area contributed by atoms with Crippen LogP contribution in [0.15, 0.2) is 42.5 Å². The van der Waals surface area contributed by atoms with Crippen LogP contribution in [0, 0.1) is 6.92 Å². The molecule has 0 fully saturated rings. The van der Waals surface area contributed by atoms with Crippen molar-refractivity contribution in [3.63, 3.8) is 0 Å². The molecule has 0 atom stereocenters. The van der Waals surface area contributed by atoms with Crippen LogP contribution in [0.2, 0.25) is 10.0 Å². The minimum Gasteiger partial charge on any atom is -0.350 e. The predicted octanol–water partition coefficient (Wildman–Crippen LogP) is 4.12. The number of rotatable bonds is 7. The van der Waals surface area contributed by atoms with Gasteiger partial charge in [-0.15, -0.1) is 0 Å². The molecule has 2 aromatic rings. The monoisotopic (exact) mass is 392 g/mol. The molecular weight excluding hydrogens is 371 g/mol. The van der Waals surface area contributed by atoms with Gasteiger partial charge in [0.2, 0.25) is 5.91 Å². The van der Waals surface area contributed by atoms with Crippen LogP contribution < -0.4 is 5.32 Å². The molecule has 0 aliphatic carbocycles. The summed E-state index contributed by atoms with van der Waals surface area (Å²) in [4.78, 5) is 25.8. The lowest BCUT2D eigenvalue weighted by Crippen LogP contribution is -2.38. The molecule has 6 heteroatoms. The van der Waals surface area contributed by atoms with Crippen LogP contribution in [0.3, 0.4) is 0 Å². The Morgan fingerprint density at radius 3 is 2.46 bits per heavy atom. The fraction of sp³-hybridized carbons (Fsp3) is 0.300. The molecular formula is C20H22Cl2N2O2. The number of amides is 2. The normalized spacial score (nSPS) is 10.5. The van der Waals surface area contributed by atoms with Crippen molar-refractivity contribution >= 4 is 35.0 Å². The third-order valence-electron chi connectivity index (χ3n) is 4.17. The van der Waals surface area contributed by atoms with Crippen molar-refractivity contribution in [1.82, 2.24) is 10.2 Å². The van der Waals surface area contributed by atoms with Gasteiger partial charge in [-0.25, -0.2) is 0 Å². The third kappa shape index (κ3) is 5.75. The Morgan fingerprint density at radius 2 is 1.81 bits per heavy atom. The lowest BCUT2D eigenvalue weighted by molar-refractivity contribution is -0.128. The van der Waals surface area contributed by atoms with E-state index in [1.54, 1.807) is 23.1 Å². The van der Waals surface area contributed by atoms with Crippen molar-refractivity contribution in [2.75, 3.05) is 19.6 Å². The minimum atomic E-state index is -0.132. The molecule has 0 spiro atoms. The van der Waals surface area contributed by atoms with Gasteiger partial charge in [-0.1, -0.05) is 47.5 Å². The van der Waals surface area contributed by atoms with Crippen molar-refractivity contribution in [2.45, 2.75) is 20.3 Å². The average Bonchev–Trinajstić information content (AvgIpc) is 2.59. The Labute approximate surface area is 164 Å². The van der Waals surface area contributed by atoms with E-state index in [2.05, 4.69) is 5.32 Å². The number of carbonyl (C=O) groups is 2. The van der Waals surface area contributed by atoms with E-state index >= 15 is 0 Å². The summed E-state index contributed by atoms with van der Waals surface area (Å²) >= 11 is 12.1. The zero-order valence-electron chi connectivity index (χ0n) is 14.9. The van der Waals surface area contributed by atoms with Crippen LogP contribution in [0.5, 0.6) is 0 Å². The van der Waals surface area contributed by atoms with Crippen molar-refractivity contribution in [1.29, 1.82) is 0 Å². The van der Waals surface area contributed by atoms with Crippen molar-refractivity contribution in [3.8, 4) is 0 Å². The quantitative estimate of drug-likeness (QED) is 0.769. The molecule has 0 aliphatic rings. The second kappa shape index (κ2) is 9.60. The number of nitrogens with one attached hydrogen (secondary N) is 1. The summed E-state index contributed by atoms with van der Waals surface area (Å²) < 4.78 is 0. The van der Waals surface area contributed by atoms with E-state index < -0.39 is 0 Å². The molecule has 0 saturated heterocycles. The average molecular weight is 393 g/mol. The Bertz CT molecular complexity index is 793. The summed E-state index contributed by atoms with van der Waals surface area (Å²) in [5.74, 6) is -0.174. The van der Waals surface area contributed by atoms with Crippen LogP contribution in [-0.4, -0.2) is 36.3 Å². The molecule has 138 valence electrons. The summed E-state index contributed by atoms with van der Waals surface area (Å²) in [6, 6.07) is 12.7. The van der Waals surface area contributed by atoms with Gasteiger partial charge in [-0.05, 0) is 42.7 Å². The van der Waals surface area contributed by atoms with E-state index in [4.69, 9.17) is 23.2 Å². The molecule has 2 amide bonds. The summed E-state index contributed by atoms with van der Waals surface area (Å²) in [5.41, 5.74) is 2.51. The Balaban J connectivity index is 1.87. The van der Waals surface area contributed by atoms with E-state index in [1.165, 1.54) is 6.92 Å². The molecule has 1 N–H and O–H groups in total. The van der Waals surface area contributed by atoms with E-state index in [9.17, 15) is 9.59 Å². The number of aryl methyl sites for hydroxylation is 1. The SMILES string of the molecule is CC(=O)N(CCNC(=O)c1ccccc1C)CCc1ccc(Cl)cc1Cl. The first kappa shape index (κ1) is 20.3. The fourth-order valence-electron chi connectivity index (χ4n) is 2.63. The highest BCUT2D eigenvalue weighted by Crippen LogP contribution is 2.21. The van der Waals surface area contributed by atoms with Gasteiger partial charge >= 0.3 is 0 Å². The van der Waals surface area contributed by atoms with Crippen molar-refractivity contribution in [3.05, 3.63) is 69.2 Å². The lowest BCUT2D eigenvalue weighted by Gasteiger charge is -2.21. The summed E-state index contributed by atoms with van der Waals surface area (Å²) in [7, 11) is 0. The predicted molar refractivity (Wildman–Crippen MR) is 106 cm³/mol. The van der Waals surface area contributed by atoms with Gasteiger partial charge in [0.15, 0.2) is 0 Å². The molecule has 26 heavy (non-hydrogen) atoms. The zero-order chi connectivity index (χ0) is 19.1. The Hall–Kier alpha value is -2.04. The zero-order valence-corrected chi connectivity index (χ0v) is 16.4. The maximum absolute atomic E-state index is 12.2. The second-order valence-electron chi connectivity index (χ2n) is 6.06. The number of halogens is 2.